The summed E-state index contributed by atoms with van der Waals surface area (Å²) in [6.07, 6.45) is -3.92. The van der Waals surface area contributed by atoms with E-state index in [0.717, 1.165) is 6.07 Å². The molecule has 36 heavy (non-hydrogen) atoms. The number of nitriles is 1. The van der Waals surface area contributed by atoms with Crippen molar-refractivity contribution in [2.75, 3.05) is 32.0 Å². The zero-order valence-electron chi connectivity index (χ0n) is 19.3. The van der Waals surface area contributed by atoms with Gasteiger partial charge in [0, 0.05) is 7.11 Å². The van der Waals surface area contributed by atoms with E-state index in [1.165, 1.54) is 33.1 Å². The van der Waals surface area contributed by atoms with Crippen LogP contribution in [0.1, 0.15) is 25.0 Å². The van der Waals surface area contributed by atoms with Crippen molar-refractivity contribution >= 4 is 23.5 Å². The topological polar surface area (TPSA) is 115 Å². The highest BCUT2D eigenvalue weighted by Crippen LogP contribution is 2.60. The Morgan fingerprint density at radius 3 is 2.47 bits per heavy atom. The second-order valence-electron chi connectivity index (χ2n) is 8.80. The molecule has 1 aromatic rings. The number of alkyl halides is 3. The molecule has 0 saturated carbocycles. The van der Waals surface area contributed by atoms with Crippen molar-refractivity contribution in [3.8, 4) is 6.07 Å². The van der Waals surface area contributed by atoms with Crippen LogP contribution in [0.15, 0.2) is 23.8 Å². The number of halogens is 4. The molecule has 2 fully saturated rings. The fourth-order valence-corrected chi connectivity index (χ4v) is 5.14. The van der Waals surface area contributed by atoms with E-state index < -0.39 is 76.4 Å². The summed E-state index contributed by atoms with van der Waals surface area (Å²) < 4.78 is 76.4. The van der Waals surface area contributed by atoms with Crippen LogP contribution in [0.5, 0.6) is 0 Å². The van der Waals surface area contributed by atoms with Gasteiger partial charge in [-0.1, -0.05) is 0 Å². The van der Waals surface area contributed by atoms with Crippen LogP contribution in [-0.2, 0) is 39.5 Å². The van der Waals surface area contributed by atoms with Crippen molar-refractivity contribution in [2.24, 2.45) is 11.8 Å². The Hall–Kier alpha value is -3.34. The van der Waals surface area contributed by atoms with E-state index in [9.17, 15) is 27.6 Å². The zero-order valence-corrected chi connectivity index (χ0v) is 19.3. The molecule has 192 valence electrons. The first-order chi connectivity index (χ1) is 16.8. The quantitative estimate of drug-likeness (QED) is 0.180. The van der Waals surface area contributed by atoms with Crippen molar-refractivity contribution < 1.29 is 50.9 Å². The number of esters is 1. The number of ether oxygens (including phenoxy) is 4. The molecule has 1 aromatic carbocycles. The minimum atomic E-state index is -5.25. The van der Waals surface area contributed by atoms with Crippen molar-refractivity contribution in [3.05, 3.63) is 40.7 Å². The molecule has 2 saturated heterocycles. The molecular formula is C23H20F4N2O7. The Balaban J connectivity index is 1.67. The molecule has 13 heteroatoms. The van der Waals surface area contributed by atoms with Gasteiger partial charge in [0.05, 0.1) is 53.5 Å². The molecule has 0 N–H and O–H groups in total. The third kappa shape index (κ3) is 3.68. The van der Waals surface area contributed by atoms with Crippen LogP contribution in [0.3, 0.4) is 0 Å². The molecule has 2 bridgehead atoms. The SMILES string of the molecule is COCCOCOC(=O)C1=C[C@]2(C)O[C@@]1(C)[C@H]1C(=O)N(c3ccc(C#N)c(C(F)(F)F)c3F)C(=O)[C@H]12. The average Bonchev–Trinajstić information content (AvgIpc) is 3.33. The lowest BCUT2D eigenvalue weighted by atomic mass is 9.69. The van der Waals surface area contributed by atoms with Crippen LogP contribution in [-0.4, -0.2) is 56.1 Å². The first kappa shape index (κ1) is 25.7. The number of carbonyl (C=O) groups excluding carboxylic acids is 3. The summed E-state index contributed by atoms with van der Waals surface area (Å²) in [4.78, 5) is 39.7. The van der Waals surface area contributed by atoms with E-state index >= 15 is 4.39 Å². The van der Waals surface area contributed by atoms with Crippen molar-refractivity contribution in [1.82, 2.24) is 0 Å². The number of benzene rings is 1. The first-order valence-electron chi connectivity index (χ1n) is 10.7. The Labute approximate surface area is 202 Å². The number of fused-ring (bicyclic) bond motifs is 5. The summed E-state index contributed by atoms with van der Waals surface area (Å²) in [5.74, 6) is -7.38. The van der Waals surface area contributed by atoms with Gasteiger partial charge in [0.2, 0.25) is 11.8 Å². The van der Waals surface area contributed by atoms with E-state index in [1.54, 1.807) is 0 Å². The maximum Gasteiger partial charge on any atom is 0.420 e. The van der Waals surface area contributed by atoms with Crippen LogP contribution >= 0.6 is 0 Å². The van der Waals surface area contributed by atoms with E-state index in [0.29, 0.717) is 11.0 Å². The van der Waals surface area contributed by atoms with Crippen LogP contribution < -0.4 is 4.90 Å². The molecule has 0 aliphatic carbocycles. The van der Waals surface area contributed by atoms with Crippen LogP contribution in [0.2, 0.25) is 0 Å². The molecule has 9 nitrogen and oxygen atoms in total. The molecule has 3 aliphatic heterocycles. The number of methoxy groups -OCH3 is 1. The monoisotopic (exact) mass is 512 g/mol. The third-order valence-electron chi connectivity index (χ3n) is 6.61. The largest absolute Gasteiger partial charge is 0.435 e. The minimum Gasteiger partial charge on any atom is -0.435 e. The van der Waals surface area contributed by atoms with Crippen LogP contribution in [0.4, 0.5) is 23.2 Å². The number of imide groups is 1. The molecule has 0 radical (unpaired) electrons. The van der Waals surface area contributed by atoms with Crippen LogP contribution in [0, 0.1) is 29.0 Å². The van der Waals surface area contributed by atoms with Crippen molar-refractivity contribution in [1.29, 1.82) is 5.26 Å². The van der Waals surface area contributed by atoms with Gasteiger partial charge in [0.15, 0.2) is 12.6 Å². The summed E-state index contributed by atoms with van der Waals surface area (Å²) in [5, 5.41) is 8.98. The van der Waals surface area contributed by atoms with Gasteiger partial charge in [-0.25, -0.2) is 14.1 Å². The molecule has 0 spiro atoms. The lowest BCUT2D eigenvalue weighted by Gasteiger charge is -2.28. The molecule has 2 amide bonds. The fraction of sp³-hybridized carbons (Fsp3) is 0.478. The van der Waals surface area contributed by atoms with Gasteiger partial charge < -0.3 is 18.9 Å². The second-order valence-corrected chi connectivity index (χ2v) is 8.80. The Morgan fingerprint density at radius 2 is 1.86 bits per heavy atom. The van der Waals surface area contributed by atoms with Gasteiger partial charge in [-0.3, -0.25) is 9.59 Å². The number of carbonyl (C=O) groups is 3. The first-order valence-corrected chi connectivity index (χ1v) is 10.7. The second kappa shape index (κ2) is 8.65. The van der Waals surface area contributed by atoms with Gasteiger partial charge in [0.25, 0.3) is 0 Å². The molecule has 0 aromatic heterocycles. The molecule has 0 unspecified atom stereocenters. The predicted octanol–water partition coefficient (Wildman–Crippen LogP) is 2.47. The number of nitrogens with zero attached hydrogens (tertiary/aromatic N) is 2. The van der Waals surface area contributed by atoms with E-state index in [4.69, 9.17) is 24.2 Å². The van der Waals surface area contributed by atoms with Gasteiger partial charge in [-0.2, -0.15) is 18.4 Å². The molecule has 3 aliphatic rings. The number of rotatable bonds is 7. The maximum atomic E-state index is 15.1. The summed E-state index contributed by atoms with van der Waals surface area (Å²) >= 11 is 0. The van der Waals surface area contributed by atoms with Crippen LogP contribution in [0.25, 0.3) is 0 Å². The Morgan fingerprint density at radius 1 is 1.19 bits per heavy atom. The highest BCUT2D eigenvalue weighted by molar-refractivity contribution is 6.24. The summed E-state index contributed by atoms with van der Waals surface area (Å²) in [5.41, 5.74) is -7.03. The Bertz CT molecular complexity index is 1220. The number of hydrogen-bond acceptors (Lipinski definition) is 8. The highest BCUT2D eigenvalue weighted by atomic mass is 19.4. The number of amides is 2. The highest BCUT2D eigenvalue weighted by Gasteiger charge is 2.74. The van der Waals surface area contributed by atoms with Gasteiger partial charge in [-0.15, -0.1) is 0 Å². The van der Waals surface area contributed by atoms with Crippen molar-refractivity contribution in [2.45, 2.75) is 31.2 Å². The maximum absolute atomic E-state index is 15.1. The van der Waals surface area contributed by atoms with Crippen molar-refractivity contribution in [3.63, 3.8) is 0 Å². The molecule has 4 atom stereocenters. The van der Waals surface area contributed by atoms with E-state index in [2.05, 4.69) is 0 Å². The number of anilines is 1. The van der Waals surface area contributed by atoms with Gasteiger partial charge >= 0.3 is 12.1 Å². The van der Waals surface area contributed by atoms with Gasteiger partial charge in [0.1, 0.15) is 11.2 Å². The summed E-state index contributed by atoms with van der Waals surface area (Å²) in [6.45, 7) is 2.81. The average molecular weight is 512 g/mol. The summed E-state index contributed by atoms with van der Waals surface area (Å²) in [6, 6.07) is 2.72. The fourth-order valence-electron chi connectivity index (χ4n) is 5.14. The third-order valence-corrected chi connectivity index (χ3v) is 6.61. The normalized spacial score (nSPS) is 28.8. The molecule has 3 heterocycles. The van der Waals surface area contributed by atoms with Gasteiger partial charge in [-0.05, 0) is 32.1 Å². The van der Waals surface area contributed by atoms with E-state index in [1.807, 2.05) is 0 Å². The molecular weight excluding hydrogens is 492 g/mol. The standard InChI is InChI=1S/C23H20F4N2O7/c1-21-8-12(20(32)35-10-34-7-6-33-3)22(2,36-21)16-15(21)18(30)29(19(16)31)13-5-4-11(9-28)14(17(13)24)23(25,26)27/h4-5,8,15-16H,6-7,10H2,1-3H3/t15-,16+,21-,22+/m0/s1. The lowest BCUT2D eigenvalue weighted by Crippen LogP contribution is -2.43. The van der Waals surface area contributed by atoms with E-state index in [-0.39, 0.29) is 18.8 Å². The zero-order chi connectivity index (χ0) is 26.6. The predicted molar refractivity (Wildman–Crippen MR) is 110 cm³/mol. The Kier molecular flexibility index (Phi) is 6.19. The lowest BCUT2D eigenvalue weighted by molar-refractivity contribution is -0.155. The smallest absolute Gasteiger partial charge is 0.420 e. The minimum absolute atomic E-state index is 0.0686. The number of hydrogen-bond donors (Lipinski definition) is 0. The molecule has 4 rings (SSSR count). The summed E-state index contributed by atoms with van der Waals surface area (Å²) in [7, 11) is 1.46.